The second-order valence-corrected chi connectivity index (χ2v) is 36.8. The highest BCUT2D eigenvalue weighted by Crippen LogP contribution is 2.69. The molecular formula is C78H120F6N2O24. The van der Waals surface area contributed by atoms with Crippen molar-refractivity contribution in [3.05, 3.63) is 0 Å². The Morgan fingerprint density at radius 2 is 0.655 bits per heavy atom. The first kappa shape index (κ1) is 82.7. The Hall–Kier alpha value is -2.36. The number of hydrogen-bond donors (Lipinski definition) is 1. The summed E-state index contributed by atoms with van der Waals surface area (Å²) in [4.78, 5) is 76.1. The second-order valence-electron chi connectivity index (χ2n) is 36.8. The van der Waals surface area contributed by atoms with E-state index in [-0.39, 0.29) is 112 Å². The summed E-state index contributed by atoms with van der Waals surface area (Å²) in [5.41, 5.74) is -3.93. The lowest BCUT2D eigenvalue weighted by Crippen LogP contribution is -2.76. The first-order chi connectivity index (χ1) is 51.7. The predicted molar refractivity (Wildman–Crippen MR) is 367 cm³/mol. The number of alkyl halides is 6. The highest BCUT2D eigenvalue weighted by molar-refractivity contribution is 5.71. The van der Waals surface area contributed by atoms with E-state index in [1.54, 1.807) is 25.7 Å². The number of carbonyl (C=O) groups excluding carboxylic acids is 1. The molecule has 4 saturated carbocycles. The van der Waals surface area contributed by atoms with E-state index in [0.29, 0.717) is 63.2 Å². The van der Waals surface area contributed by atoms with E-state index in [9.17, 15) is 14.7 Å². The van der Waals surface area contributed by atoms with Gasteiger partial charge in [-0.05, 0) is 173 Å². The summed E-state index contributed by atoms with van der Waals surface area (Å²) in [6.07, 6.45) is -2.38. The van der Waals surface area contributed by atoms with Crippen LogP contribution in [0.2, 0.25) is 0 Å². The van der Waals surface area contributed by atoms with Gasteiger partial charge in [0.2, 0.25) is 23.1 Å². The van der Waals surface area contributed by atoms with Gasteiger partial charge in [0.25, 0.3) is 11.6 Å². The van der Waals surface area contributed by atoms with E-state index in [0.717, 1.165) is 51.4 Å². The van der Waals surface area contributed by atoms with Crippen LogP contribution in [0.1, 0.15) is 207 Å². The molecule has 0 aromatic heterocycles. The van der Waals surface area contributed by atoms with Gasteiger partial charge < -0.3 is 66.7 Å². The van der Waals surface area contributed by atoms with E-state index in [1.165, 1.54) is 18.7 Å². The Bertz CT molecular complexity index is 3340. The van der Waals surface area contributed by atoms with E-state index in [2.05, 4.69) is 41.5 Å². The van der Waals surface area contributed by atoms with Gasteiger partial charge in [0.1, 0.15) is 0 Å². The number of halogens is 6. The predicted octanol–water partition coefficient (Wildman–Crippen LogP) is 12.8. The number of rotatable bonds is 21. The smallest absolute Gasteiger partial charge is 0.443 e. The minimum atomic E-state index is -4.94. The maximum atomic E-state index is 15.5. The number of nitrogens with zero attached hydrogens (tertiary/aromatic N) is 2. The molecule has 4 aliphatic carbocycles. The van der Waals surface area contributed by atoms with Crippen LogP contribution in [0, 0.1) is 94.7 Å². The molecular weight excluding hydrogens is 1460 g/mol. The Balaban J connectivity index is 0.000000175. The number of carboxylic acid groups (broad SMARTS) is 1. The van der Waals surface area contributed by atoms with Crippen LogP contribution in [-0.4, -0.2) is 205 Å². The molecule has 16 heterocycles. The van der Waals surface area contributed by atoms with Crippen molar-refractivity contribution in [2.24, 2.45) is 94.7 Å². The minimum Gasteiger partial charge on any atom is -0.480 e. The quantitative estimate of drug-likeness (QED) is 0.0636. The first-order valence-corrected chi connectivity index (χ1v) is 41.1. The van der Waals surface area contributed by atoms with Gasteiger partial charge >= 0.3 is 24.3 Å². The van der Waals surface area contributed by atoms with Gasteiger partial charge in [0, 0.05) is 99.2 Å². The highest BCUT2D eigenvalue weighted by Gasteiger charge is 2.81. The number of fused-ring (bicyclic) bond motifs is 8. The summed E-state index contributed by atoms with van der Waals surface area (Å²) in [5.74, 6) is -16.7. The maximum absolute atomic E-state index is 15.5. The fraction of sp³-hybridized carbons (Fsp3) is 0.974. The fourth-order valence-corrected chi connectivity index (χ4v) is 24.0. The van der Waals surface area contributed by atoms with Crippen molar-refractivity contribution in [2.75, 3.05) is 72.3 Å². The Morgan fingerprint density at radius 3 is 0.945 bits per heavy atom. The standard InChI is InChI=1S/C40H62F3NO12.C38H58F3NO12/c1-9-46-31(45)22-44(18-20-47-36(8)25(4)29-12-10-23(2)27-14-16-34(6)49-32(51-36)37(27,29)55-53-34)19-21-48-39(40(41,42)43)26(5)30-13-11-24(3)28-15-17-35(7)50-33(52-39)38(28,30)56-54-35;1-21-8-10-27-23(3)34(7,49-30-35(27)25(21)12-14-32(5,47-30)51-53-35)45-18-16-42(20-29(43)44)17-19-46-37(38(39,40)41)24(4)28-11-9-22(2)26-13-15-33(6)48-31(50-37)36(26,28)54-52-33/h23-30,32-33H,9-22H2,1-8H3;21-28,30-31H,8-20H2,1-7H3,(H,43,44)/t23-,24-,25-,26-,27+,28+,29+,30+,32+,33+,34-,35-,36+,37-,38-,39-;21-,22-,23-,24-,25+,26+,27+,28+,30+,31+,32-,33-,34+,35-,36-,37-/m11/s1. The van der Waals surface area contributed by atoms with Gasteiger partial charge in [-0.1, -0.05) is 55.4 Å². The molecule has 20 fully saturated rings. The van der Waals surface area contributed by atoms with Crippen molar-refractivity contribution in [3.63, 3.8) is 0 Å². The van der Waals surface area contributed by atoms with Crippen molar-refractivity contribution in [1.82, 2.24) is 9.80 Å². The lowest BCUT2D eigenvalue weighted by atomic mass is 9.57. The van der Waals surface area contributed by atoms with Crippen LogP contribution in [0.5, 0.6) is 0 Å². The second kappa shape index (κ2) is 29.3. The van der Waals surface area contributed by atoms with Crippen molar-refractivity contribution in [3.8, 4) is 0 Å². The van der Waals surface area contributed by atoms with E-state index < -0.39 is 162 Å². The van der Waals surface area contributed by atoms with Crippen LogP contribution >= 0.6 is 0 Å². The molecule has 0 unspecified atom stereocenters. The van der Waals surface area contributed by atoms with Crippen LogP contribution in [0.15, 0.2) is 0 Å². The number of esters is 1. The lowest BCUT2D eigenvalue weighted by molar-refractivity contribution is -0.598. The van der Waals surface area contributed by atoms with Crippen LogP contribution < -0.4 is 0 Å². The molecule has 628 valence electrons. The largest absolute Gasteiger partial charge is 0.480 e. The van der Waals surface area contributed by atoms with Gasteiger partial charge in [-0.3, -0.25) is 19.4 Å². The average molecular weight is 1580 g/mol. The zero-order valence-electron chi connectivity index (χ0n) is 66.6. The van der Waals surface area contributed by atoms with Crippen molar-refractivity contribution >= 4 is 11.9 Å². The number of carboxylic acids is 1. The van der Waals surface area contributed by atoms with Crippen LogP contribution in [0.3, 0.4) is 0 Å². The SMILES string of the molecule is CCOC(=O)CN(CCO[C@@]1(C)O[C@@H]2O[C@@]3(C)CC[C@H]4[C@H](C)CC[C@@H]([C@H]1C)[C@@]24OO3)CCO[C@@]1(C(F)(F)F)O[C@@H]2O[C@@]3(C)CC[C@H]4[C@H](C)CC[C@@H]([C@H]1C)[C@@]24OO3.C[C@@H]1CC[C@H]2[C@@H](C)[C@@](C)(OCCN(CCO[C@@]3(C(F)(F)F)O[C@@H]4O[C@@]5(C)CC[C@H]6[C@H](C)CC[C@@H]([C@H]3C)[C@@]46OO5)CC(=O)O)O[C@@H]3O[C@@]4(C)CC[C@@H]1[C@]32OO4. The summed E-state index contributed by atoms with van der Waals surface area (Å²) in [6, 6.07) is 0. The molecule has 16 saturated heterocycles. The van der Waals surface area contributed by atoms with Crippen LogP contribution in [-0.2, 0) is 110 Å². The molecule has 1 N–H and O–H groups in total. The van der Waals surface area contributed by atoms with E-state index in [1.807, 2.05) is 27.7 Å². The maximum Gasteiger partial charge on any atom is 0.443 e. The summed E-state index contributed by atoms with van der Waals surface area (Å²) in [5, 5.41) is 9.78. The van der Waals surface area contributed by atoms with E-state index in [4.69, 9.17) is 101 Å². The molecule has 20 aliphatic rings. The molecule has 20 rings (SSSR count). The molecule has 4 spiro atoms. The molecule has 8 bridgehead atoms. The lowest BCUT2D eigenvalue weighted by Gasteiger charge is -2.62. The third-order valence-corrected chi connectivity index (χ3v) is 30.5. The molecule has 110 heavy (non-hydrogen) atoms. The topological polar surface area (TPSA) is 255 Å². The van der Waals surface area contributed by atoms with Crippen LogP contribution in [0.25, 0.3) is 0 Å². The number of aliphatic carboxylic acids is 1. The van der Waals surface area contributed by atoms with Gasteiger partial charge in [-0.2, -0.15) is 26.3 Å². The summed E-state index contributed by atoms with van der Waals surface area (Å²) in [7, 11) is 0. The molecule has 0 amide bonds. The number of carbonyl (C=O) groups is 2. The third kappa shape index (κ3) is 13.3. The number of hydrogen-bond acceptors (Lipinski definition) is 25. The Kier molecular flexibility index (Phi) is 22.0. The normalized spacial score (nSPS) is 51.6. The molecule has 26 nitrogen and oxygen atoms in total. The van der Waals surface area contributed by atoms with Crippen LogP contribution in [0.4, 0.5) is 26.3 Å². The molecule has 0 aromatic carbocycles. The Morgan fingerprint density at radius 1 is 0.373 bits per heavy atom. The first-order valence-electron chi connectivity index (χ1n) is 41.1. The number of ether oxygens (including phenoxy) is 13. The molecule has 32 heteroatoms. The highest BCUT2D eigenvalue weighted by atomic mass is 19.4. The molecule has 32 atom stereocenters. The van der Waals surface area contributed by atoms with Crippen molar-refractivity contribution in [1.29, 1.82) is 0 Å². The van der Waals surface area contributed by atoms with Crippen molar-refractivity contribution in [2.45, 2.75) is 313 Å². The molecule has 0 radical (unpaired) electrons. The molecule has 0 aromatic rings. The summed E-state index contributed by atoms with van der Waals surface area (Å²) in [6.45, 7) is 27.3. The summed E-state index contributed by atoms with van der Waals surface area (Å²) >= 11 is 0. The molecule has 16 aliphatic heterocycles. The average Bonchev–Trinajstić information content (AvgIpc) is 1.27. The Labute approximate surface area is 640 Å². The zero-order valence-corrected chi connectivity index (χ0v) is 66.6. The zero-order chi connectivity index (χ0) is 78.8. The minimum absolute atomic E-state index is 0.0127. The van der Waals surface area contributed by atoms with Gasteiger partial charge in [0.15, 0.2) is 59.1 Å². The summed E-state index contributed by atoms with van der Waals surface area (Å²) < 4.78 is 173. The monoisotopic (exact) mass is 1580 g/mol. The fourth-order valence-electron chi connectivity index (χ4n) is 24.0. The van der Waals surface area contributed by atoms with Gasteiger partial charge in [-0.15, -0.1) is 0 Å². The van der Waals surface area contributed by atoms with Gasteiger partial charge in [-0.25, -0.2) is 39.1 Å². The van der Waals surface area contributed by atoms with E-state index >= 15 is 26.3 Å². The third-order valence-electron chi connectivity index (χ3n) is 30.5. The van der Waals surface area contributed by atoms with Gasteiger partial charge in [0.05, 0.1) is 46.1 Å². The van der Waals surface area contributed by atoms with Crippen molar-refractivity contribution < 1.29 is 142 Å².